The van der Waals surface area contributed by atoms with E-state index in [1.54, 1.807) is 12.1 Å². The lowest BCUT2D eigenvalue weighted by molar-refractivity contribution is -0.140. The van der Waals surface area contributed by atoms with Crippen molar-refractivity contribution in [2.24, 2.45) is 5.92 Å². The number of hydrogen-bond donors (Lipinski definition) is 1. The van der Waals surface area contributed by atoms with Gasteiger partial charge in [-0.25, -0.2) is 8.42 Å². The maximum atomic E-state index is 14.0. The second kappa shape index (κ2) is 13.6. The molecule has 2 amide bonds. The van der Waals surface area contributed by atoms with Crippen LogP contribution in [0.5, 0.6) is 0 Å². The van der Waals surface area contributed by atoms with E-state index in [2.05, 4.69) is 5.32 Å². The Kier molecular flexibility index (Phi) is 10.5. The number of rotatable bonds is 12. The summed E-state index contributed by atoms with van der Waals surface area (Å²) in [6.07, 6.45) is 1.32. The Hall–Kier alpha value is -3.36. The zero-order valence-corrected chi connectivity index (χ0v) is 24.4. The summed E-state index contributed by atoms with van der Waals surface area (Å²) < 4.78 is 26.7. The maximum Gasteiger partial charge on any atom is 0.244 e. The number of nitrogens with one attached hydrogen (secondary N) is 1. The van der Waals surface area contributed by atoms with E-state index in [1.165, 1.54) is 11.0 Å². The van der Waals surface area contributed by atoms with Crippen molar-refractivity contribution in [1.29, 1.82) is 0 Å². The molecule has 0 fully saturated rings. The van der Waals surface area contributed by atoms with Crippen molar-refractivity contribution in [3.63, 3.8) is 0 Å². The summed E-state index contributed by atoms with van der Waals surface area (Å²) in [5.41, 5.74) is 2.78. The molecule has 1 N–H and O–H groups in total. The minimum absolute atomic E-state index is 0.137. The summed E-state index contributed by atoms with van der Waals surface area (Å²) in [6, 6.07) is 22.8. The number of carbonyl (C=O) groups excluding carboxylic acids is 2. The van der Waals surface area contributed by atoms with Crippen LogP contribution >= 0.6 is 11.6 Å². The number of benzene rings is 3. The van der Waals surface area contributed by atoms with E-state index in [-0.39, 0.29) is 30.5 Å². The Balaban J connectivity index is 2.03. The van der Waals surface area contributed by atoms with Crippen LogP contribution in [0.25, 0.3) is 0 Å². The van der Waals surface area contributed by atoms with Gasteiger partial charge < -0.3 is 10.2 Å². The van der Waals surface area contributed by atoms with Gasteiger partial charge in [0.05, 0.1) is 11.9 Å². The van der Waals surface area contributed by atoms with E-state index in [1.807, 2.05) is 81.4 Å². The summed E-state index contributed by atoms with van der Waals surface area (Å²) in [6.45, 7) is 5.92. The van der Waals surface area contributed by atoms with Crippen LogP contribution in [0.1, 0.15) is 30.5 Å². The quantitative estimate of drug-likeness (QED) is 0.338. The van der Waals surface area contributed by atoms with Crippen LogP contribution in [0.2, 0.25) is 5.02 Å². The van der Waals surface area contributed by atoms with Gasteiger partial charge in [0.15, 0.2) is 0 Å². The number of hydrogen-bond acceptors (Lipinski definition) is 4. The van der Waals surface area contributed by atoms with E-state index in [0.29, 0.717) is 11.6 Å². The minimum Gasteiger partial charge on any atom is -0.354 e. The van der Waals surface area contributed by atoms with Gasteiger partial charge >= 0.3 is 0 Å². The van der Waals surface area contributed by atoms with Gasteiger partial charge in [-0.1, -0.05) is 92.2 Å². The molecule has 0 spiro atoms. The highest BCUT2D eigenvalue weighted by Gasteiger charge is 2.33. The Labute approximate surface area is 236 Å². The summed E-state index contributed by atoms with van der Waals surface area (Å²) in [4.78, 5) is 29.1. The average Bonchev–Trinajstić information content (AvgIpc) is 2.90. The van der Waals surface area contributed by atoms with E-state index in [4.69, 9.17) is 11.6 Å². The van der Waals surface area contributed by atoms with Gasteiger partial charge in [0.1, 0.15) is 12.6 Å². The van der Waals surface area contributed by atoms with Crippen LogP contribution in [0.3, 0.4) is 0 Å². The predicted octanol–water partition coefficient (Wildman–Crippen LogP) is 4.83. The molecule has 39 heavy (non-hydrogen) atoms. The molecule has 0 aliphatic heterocycles. The molecule has 0 unspecified atom stereocenters. The maximum absolute atomic E-state index is 14.0. The van der Waals surface area contributed by atoms with Gasteiger partial charge in [-0.3, -0.25) is 13.9 Å². The van der Waals surface area contributed by atoms with Crippen molar-refractivity contribution >= 4 is 39.1 Å². The first kappa shape index (κ1) is 30.2. The van der Waals surface area contributed by atoms with Gasteiger partial charge in [0, 0.05) is 24.5 Å². The van der Waals surface area contributed by atoms with Crippen molar-refractivity contribution in [3.05, 3.63) is 101 Å². The first-order chi connectivity index (χ1) is 18.5. The topological polar surface area (TPSA) is 86.8 Å². The molecule has 3 aromatic carbocycles. The van der Waals surface area contributed by atoms with Gasteiger partial charge in [0.25, 0.3) is 0 Å². The van der Waals surface area contributed by atoms with Gasteiger partial charge in [-0.15, -0.1) is 0 Å². The molecule has 208 valence electrons. The minimum atomic E-state index is -3.85. The average molecular weight is 570 g/mol. The Morgan fingerprint density at radius 2 is 1.51 bits per heavy atom. The number of halogens is 1. The third-order valence-corrected chi connectivity index (χ3v) is 7.82. The van der Waals surface area contributed by atoms with Crippen molar-refractivity contribution < 1.29 is 18.0 Å². The number of carbonyl (C=O) groups is 2. The fourth-order valence-corrected chi connectivity index (χ4v) is 5.12. The second-order valence-corrected chi connectivity index (χ2v) is 12.4. The Morgan fingerprint density at radius 1 is 0.923 bits per heavy atom. The first-order valence-corrected chi connectivity index (χ1v) is 15.1. The molecule has 0 aromatic heterocycles. The second-order valence-electron chi connectivity index (χ2n) is 10.1. The van der Waals surface area contributed by atoms with Crippen LogP contribution in [0.4, 0.5) is 5.69 Å². The molecule has 0 bridgehead atoms. The molecule has 3 aromatic rings. The van der Waals surface area contributed by atoms with E-state index in [9.17, 15) is 18.0 Å². The van der Waals surface area contributed by atoms with Crippen LogP contribution in [-0.4, -0.2) is 50.5 Å². The molecule has 1 atom stereocenters. The first-order valence-electron chi connectivity index (χ1n) is 12.8. The highest BCUT2D eigenvalue weighted by molar-refractivity contribution is 7.92. The number of sulfonamides is 1. The van der Waals surface area contributed by atoms with Crippen molar-refractivity contribution in [2.75, 3.05) is 23.7 Å². The normalized spacial score (nSPS) is 12.2. The molecule has 0 aliphatic rings. The largest absolute Gasteiger partial charge is 0.354 e. The monoisotopic (exact) mass is 569 g/mol. The van der Waals surface area contributed by atoms with Crippen molar-refractivity contribution in [3.8, 4) is 0 Å². The lowest BCUT2D eigenvalue weighted by atomic mass is 10.0. The molecule has 0 radical (unpaired) electrons. The van der Waals surface area contributed by atoms with Gasteiger partial charge in [-0.05, 0) is 41.7 Å². The van der Waals surface area contributed by atoms with Crippen molar-refractivity contribution in [1.82, 2.24) is 10.2 Å². The summed E-state index contributed by atoms with van der Waals surface area (Å²) in [5.74, 6) is -0.570. The van der Waals surface area contributed by atoms with Crippen molar-refractivity contribution in [2.45, 2.75) is 39.8 Å². The SMILES string of the molecule is Cc1ccc(N(CC(=O)N(Cc2ccccc2)[C@H](Cc2ccccc2)C(=O)NCC(C)C)S(C)(=O)=O)cc1Cl. The van der Waals surface area contributed by atoms with Gasteiger partial charge in [-0.2, -0.15) is 0 Å². The zero-order valence-electron chi connectivity index (χ0n) is 22.8. The summed E-state index contributed by atoms with van der Waals surface area (Å²) >= 11 is 6.29. The molecule has 0 saturated carbocycles. The zero-order chi connectivity index (χ0) is 28.6. The van der Waals surface area contributed by atoms with Crippen LogP contribution in [0.15, 0.2) is 78.9 Å². The number of anilines is 1. The molecule has 9 heteroatoms. The number of nitrogens with zero attached hydrogens (tertiary/aromatic N) is 2. The van der Waals surface area contributed by atoms with E-state index >= 15 is 0 Å². The van der Waals surface area contributed by atoms with Crippen LogP contribution in [-0.2, 0) is 32.6 Å². The summed E-state index contributed by atoms with van der Waals surface area (Å²) in [5, 5.41) is 3.36. The third kappa shape index (κ3) is 8.83. The Morgan fingerprint density at radius 3 is 2.05 bits per heavy atom. The number of aryl methyl sites for hydroxylation is 1. The van der Waals surface area contributed by atoms with E-state index < -0.39 is 28.5 Å². The molecule has 3 rings (SSSR count). The van der Waals surface area contributed by atoms with E-state index in [0.717, 1.165) is 27.3 Å². The fourth-order valence-electron chi connectivity index (χ4n) is 4.11. The van der Waals surface area contributed by atoms with Crippen LogP contribution in [0, 0.1) is 12.8 Å². The standard InChI is InChI=1S/C30H36ClN3O4S/c1-22(2)19-32-30(36)28(17-24-11-7-5-8-12-24)33(20-25-13-9-6-10-14-25)29(35)21-34(39(4,37)38)26-16-15-23(3)27(31)18-26/h5-16,18,22,28H,17,19-21H2,1-4H3,(H,32,36)/t28-/m1/s1. The van der Waals surface area contributed by atoms with Gasteiger partial charge in [0.2, 0.25) is 21.8 Å². The molecule has 0 aliphatic carbocycles. The lowest BCUT2D eigenvalue weighted by Gasteiger charge is -2.33. The molecule has 7 nitrogen and oxygen atoms in total. The fraction of sp³-hybridized carbons (Fsp3) is 0.333. The lowest BCUT2D eigenvalue weighted by Crippen LogP contribution is -2.53. The highest BCUT2D eigenvalue weighted by Crippen LogP contribution is 2.25. The Bertz CT molecular complexity index is 1370. The molecule has 0 saturated heterocycles. The smallest absolute Gasteiger partial charge is 0.244 e. The third-order valence-electron chi connectivity index (χ3n) is 6.27. The predicted molar refractivity (Wildman–Crippen MR) is 157 cm³/mol. The molecule has 0 heterocycles. The molecular weight excluding hydrogens is 534 g/mol. The highest BCUT2D eigenvalue weighted by atomic mass is 35.5. The molecular formula is C30H36ClN3O4S. The number of amides is 2. The summed E-state index contributed by atoms with van der Waals surface area (Å²) in [7, 11) is -3.85. The van der Waals surface area contributed by atoms with Crippen LogP contribution < -0.4 is 9.62 Å².